The molecule has 0 N–H and O–H groups in total. The summed E-state index contributed by atoms with van der Waals surface area (Å²) in [5, 5.41) is 0. The van der Waals surface area contributed by atoms with Crippen LogP contribution in [0.15, 0.2) is 24.3 Å². The topological polar surface area (TPSA) is 43.9 Å². The molecule has 0 saturated carbocycles. The maximum absolute atomic E-state index is 12.7. The summed E-state index contributed by atoms with van der Waals surface area (Å²) < 4.78 is 0. The van der Waals surface area contributed by atoms with E-state index in [0.29, 0.717) is 13.0 Å². The summed E-state index contributed by atoms with van der Waals surface area (Å²) in [6.07, 6.45) is 1.62. The van der Waals surface area contributed by atoms with Crippen LogP contribution in [-0.2, 0) is 11.3 Å². The van der Waals surface area contributed by atoms with Gasteiger partial charge in [0.15, 0.2) is 0 Å². The van der Waals surface area contributed by atoms with Gasteiger partial charge in [-0.05, 0) is 38.1 Å². The Kier molecular flexibility index (Phi) is 4.66. The summed E-state index contributed by atoms with van der Waals surface area (Å²) in [5.74, 6) is 0.339. The second kappa shape index (κ2) is 6.71. The summed E-state index contributed by atoms with van der Waals surface area (Å²) in [4.78, 5) is 30.5. The van der Waals surface area contributed by atoms with E-state index in [-0.39, 0.29) is 17.9 Å². The van der Waals surface area contributed by atoms with Crippen LogP contribution in [0.2, 0.25) is 0 Å². The van der Waals surface area contributed by atoms with E-state index in [1.54, 1.807) is 0 Å². The van der Waals surface area contributed by atoms with Gasteiger partial charge in [0.05, 0.1) is 0 Å². The van der Waals surface area contributed by atoms with Crippen molar-refractivity contribution in [3.05, 3.63) is 35.4 Å². The van der Waals surface area contributed by atoms with E-state index in [2.05, 4.69) is 18.9 Å². The Hall–Kier alpha value is -1.88. The van der Waals surface area contributed by atoms with Crippen LogP contribution in [0.1, 0.15) is 35.7 Å². The van der Waals surface area contributed by atoms with E-state index in [1.807, 2.05) is 34.1 Å². The monoisotopic (exact) mass is 315 g/mol. The molecule has 0 radical (unpaired) electrons. The lowest BCUT2D eigenvalue weighted by molar-refractivity contribution is -0.128. The highest BCUT2D eigenvalue weighted by molar-refractivity contribution is 5.94. The molecule has 124 valence electrons. The van der Waals surface area contributed by atoms with Crippen LogP contribution in [0.4, 0.5) is 0 Å². The molecule has 5 nitrogen and oxygen atoms in total. The number of carbonyl (C=O) groups excluding carboxylic acids is 2. The zero-order valence-electron chi connectivity index (χ0n) is 14.0. The average molecular weight is 315 g/mol. The average Bonchev–Trinajstić information content (AvgIpc) is 2.93. The number of rotatable bonds is 3. The minimum atomic E-state index is 0.106. The van der Waals surface area contributed by atoms with Crippen molar-refractivity contribution in [3.63, 3.8) is 0 Å². The van der Waals surface area contributed by atoms with Crippen molar-refractivity contribution in [1.29, 1.82) is 0 Å². The van der Waals surface area contributed by atoms with Crippen molar-refractivity contribution in [1.82, 2.24) is 14.7 Å². The predicted octanol–water partition coefficient (Wildman–Crippen LogP) is 1.59. The molecule has 1 atom stereocenters. The maximum Gasteiger partial charge on any atom is 0.254 e. The van der Waals surface area contributed by atoms with Crippen molar-refractivity contribution >= 4 is 11.8 Å². The zero-order valence-corrected chi connectivity index (χ0v) is 14.0. The van der Waals surface area contributed by atoms with E-state index in [4.69, 9.17) is 0 Å². The van der Waals surface area contributed by atoms with Crippen LogP contribution in [0.25, 0.3) is 0 Å². The minimum absolute atomic E-state index is 0.106. The summed E-state index contributed by atoms with van der Waals surface area (Å²) >= 11 is 0. The van der Waals surface area contributed by atoms with E-state index in [0.717, 1.165) is 43.7 Å². The third-order valence-electron chi connectivity index (χ3n) is 4.84. The normalized spacial score (nSPS) is 22.7. The minimum Gasteiger partial charge on any atom is -0.338 e. The Bertz CT molecular complexity index is 584. The van der Waals surface area contributed by atoms with E-state index >= 15 is 0 Å². The van der Waals surface area contributed by atoms with Crippen LogP contribution in [0.3, 0.4) is 0 Å². The molecule has 0 bridgehead atoms. The highest BCUT2D eigenvalue weighted by Gasteiger charge is 2.26. The first kappa shape index (κ1) is 16.0. The van der Waals surface area contributed by atoms with Gasteiger partial charge in [0.25, 0.3) is 5.91 Å². The van der Waals surface area contributed by atoms with E-state index in [9.17, 15) is 9.59 Å². The van der Waals surface area contributed by atoms with Crippen LogP contribution in [-0.4, -0.2) is 65.8 Å². The summed E-state index contributed by atoms with van der Waals surface area (Å²) in [6, 6.07) is 7.97. The smallest absolute Gasteiger partial charge is 0.254 e. The lowest BCUT2D eigenvalue weighted by Gasteiger charge is -2.38. The van der Waals surface area contributed by atoms with Crippen LogP contribution in [0, 0.1) is 0 Å². The first-order valence-electron chi connectivity index (χ1n) is 8.41. The molecule has 2 aliphatic rings. The van der Waals surface area contributed by atoms with Crippen LogP contribution >= 0.6 is 0 Å². The zero-order chi connectivity index (χ0) is 16.4. The Labute approximate surface area is 137 Å². The van der Waals surface area contributed by atoms with Gasteiger partial charge >= 0.3 is 0 Å². The summed E-state index contributed by atoms with van der Waals surface area (Å²) in [5.41, 5.74) is 1.82. The van der Waals surface area contributed by atoms with Crippen molar-refractivity contribution < 1.29 is 9.59 Å². The van der Waals surface area contributed by atoms with Gasteiger partial charge in [-0.15, -0.1) is 0 Å². The van der Waals surface area contributed by atoms with Crippen molar-refractivity contribution in [2.24, 2.45) is 0 Å². The molecule has 0 spiro atoms. The number of benzene rings is 1. The van der Waals surface area contributed by atoms with Crippen molar-refractivity contribution in [2.75, 3.05) is 33.2 Å². The number of likely N-dealkylation sites (tertiary alicyclic amines) is 1. The van der Waals surface area contributed by atoms with Crippen molar-refractivity contribution in [2.45, 2.75) is 32.4 Å². The van der Waals surface area contributed by atoms with Gasteiger partial charge in [-0.3, -0.25) is 9.59 Å². The quantitative estimate of drug-likeness (QED) is 0.851. The van der Waals surface area contributed by atoms with E-state index in [1.165, 1.54) is 0 Å². The molecular formula is C18H25N3O2. The molecule has 2 amide bonds. The largest absolute Gasteiger partial charge is 0.338 e. The van der Waals surface area contributed by atoms with Gasteiger partial charge in [-0.1, -0.05) is 12.1 Å². The first-order valence-corrected chi connectivity index (χ1v) is 8.41. The fourth-order valence-corrected chi connectivity index (χ4v) is 3.45. The first-order chi connectivity index (χ1) is 11.0. The Morgan fingerprint density at radius 1 is 1.17 bits per heavy atom. The third kappa shape index (κ3) is 3.55. The molecule has 0 aromatic heterocycles. The predicted molar refractivity (Wildman–Crippen MR) is 89.1 cm³/mol. The van der Waals surface area contributed by atoms with Gasteiger partial charge in [0, 0.05) is 50.7 Å². The maximum atomic E-state index is 12.7. The number of hydrogen-bond donors (Lipinski definition) is 0. The number of piperazine rings is 1. The lowest BCUT2D eigenvalue weighted by Crippen LogP contribution is -2.52. The Balaban J connectivity index is 1.64. The number of amides is 2. The van der Waals surface area contributed by atoms with Crippen LogP contribution < -0.4 is 0 Å². The van der Waals surface area contributed by atoms with Gasteiger partial charge in [-0.25, -0.2) is 0 Å². The van der Waals surface area contributed by atoms with Gasteiger partial charge in [-0.2, -0.15) is 0 Å². The molecule has 23 heavy (non-hydrogen) atoms. The molecule has 2 aliphatic heterocycles. The van der Waals surface area contributed by atoms with E-state index < -0.39 is 0 Å². The molecule has 1 aromatic rings. The molecule has 2 fully saturated rings. The molecule has 3 rings (SSSR count). The number of likely N-dealkylation sites (N-methyl/N-ethyl adjacent to an activating group) is 1. The van der Waals surface area contributed by atoms with Gasteiger partial charge in [0.1, 0.15) is 0 Å². The Morgan fingerprint density at radius 3 is 2.52 bits per heavy atom. The summed E-state index contributed by atoms with van der Waals surface area (Å²) in [7, 11) is 2.09. The second-order valence-corrected chi connectivity index (χ2v) is 6.73. The number of carbonyl (C=O) groups is 2. The van der Waals surface area contributed by atoms with Gasteiger partial charge in [0.2, 0.25) is 5.91 Å². The molecule has 0 aliphatic carbocycles. The highest BCUT2D eigenvalue weighted by Crippen LogP contribution is 2.17. The van der Waals surface area contributed by atoms with Gasteiger partial charge < -0.3 is 14.7 Å². The number of nitrogens with zero attached hydrogens (tertiary/aromatic N) is 3. The fraction of sp³-hybridized carbons (Fsp3) is 0.556. The molecule has 5 heteroatoms. The molecule has 1 aromatic carbocycles. The SMILES string of the molecule is CC1CN(C)CCN1C(=O)c1ccc(CN2CCCC2=O)cc1. The standard InChI is InChI=1S/C18H25N3O2/c1-14-12-19(2)10-11-21(14)18(23)16-7-5-15(6-8-16)13-20-9-3-4-17(20)22/h5-8,14H,3-4,9-13H2,1-2H3. The van der Waals surface area contributed by atoms with Crippen LogP contribution in [0.5, 0.6) is 0 Å². The molecule has 1 unspecified atom stereocenters. The summed E-state index contributed by atoms with van der Waals surface area (Å²) in [6.45, 7) is 6.21. The third-order valence-corrected chi connectivity index (χ3v) is 4.84. The highest BCUT2D eigenvalue weighted by atomic mass is 16.2. The Morgan fingerprint density at radius 2 is 1.91 bits per heavy atom. The lowest BCUT2D eigenvalue weighted by atomic mass is 10.1. The number of hydrogen-bond acceptors (Lipinski definition) is 3. The molecule has 2 saturated heterocycles. The van der Waals surface area contributed by atoms with Crippen molar-refractivity contribution in [3.8, 4) is 0 Å². The second-order valence-electron chi connectivity index (χ2n) is 6.73. The molecular weight excluding hydrogens is 290 g/mol. The fourth-order valence-electron chi connectivity index (χ4n) is 3.45. The molecule has 2 heterocycles.